The Labute approximate surface area is 103 Å². The third-order valence-electron chi connectivity index (χ3n) is 3.16. The monoisotopic (exact) mass is 263 g/mol. The minimum absolute atomic E-state index is 0.198. The van der Waals surface area contributed by atoms with E-state index in [0.29, 0.717) is 25.9 Å². The number of hydrogen-bond acceptors (Lipinski definition) is 1. The van der Waals surface area contributed by atoms with E-state index in [9.17, 15) is 13.2 Å². The summed E-state index contributed by atoms with van der Waals surface area (Å²) < 4.78 is 41.2. The molecule has 1 heterocycles. The van der Waals surface area contributed by atoms with Gasteiger partial charge in [0.15, 0.2) is 0 Å². The van der Waals surface area contributed by atoms with Gasteiger partial charge in [-0.15, -0.1) is 0 Å². The Hall–Kier alpha value is -0.740. The maximum Gasteiger partial charge on any atom is 0.276 e. The van der Waals surface area contributed by atoms with Crippen LogP contribution in [-0.2, 0) is 5.92 Å². The quantitative estimate of drug-likeness (QED) is 0.860. The third kappa shape index (κ3) is 2.58. The minimum Gasteiger partial charge on any atom is -0.317 e. The molecule has 1 fully saturated rings. The number of hydrogen-bond donors (Lipinski definition) is 1. The van der Waals surface area contributed by atoms with E-state index in [0.717, 1.165) is 18.2 Å². The number of alkyl halides is 2. The highest BCUT2D eigenvalue weighted by atomic mass is 35.5. The zero-order valence-electron chi connectivity index (χ0n) is 9.15. The Morgan fingerprint density at radius 2 is 1.88 bits per heavy atom. The van der Waals surface area contributed by atoms with Crippen LogP contribution in [0, 0.1) is 11.7 Å². The molecule has 17 heavy (non-hydrogen) atoms. The van der Waals surface area contributed by atoms with Gasteiger partial charge in [-0.2, -0.15) is 0 Å². The molecule has 0 bridgehead atoms. The highest BCUT2D eigenvalue weighted by Gasteiger charge is 2.41. The van der Waals surface area contributed by atoms with Crippen molar-refractivity contribution in [2.45, 2.75) is 18.8 Å². The van der Waals surface area contributed by atoms with E-state index in [4.69, 9.17) is 11.6 Å². The molecule has 0 saturated carbocycles. The van der Waals surface area contributed by atoms with Crippen LogP contribution < -0.4 is 5.32 Å². The minimum atomic E-state index is -2.94. The highest BCUT2D eigenvalue weighted by molar-refractivity contribution is 6.30. The largest absolute Gasteiger partial charge is 0.317 e. The van der Waals surface area contributed by atoms with Gasteiger partial charge in [0.1, 0.15) is 5.82 Å². The maximum absolute atomic E-state index is 14.1. The van der Waals surface area contributed by atoms with E-state index in [-0.39, 0.29) is 10.6 Å². The van der Waals surface area contributed by atoms with Crippen LogP contribution in [0.25, 0.3) is 0 Å². The lowest BCUT2D eigenvalue weighted by atomic mass is 9.87. The van der Waals surface area contributed by atoms with Gasteiger partial charge in [0.2, 0.25) is 0 Å². The number of piperidine rings is 1. The normalized spacial score (nSPS) is 18.4. The molecule has 1 aliphatic heterocycles. The first-order valence-corrected chi connectivity index (χ1v) is 5.93. The molecule has 0 aliphatic carbocycles. The lowest BCUT2D eigenvalue weighted by molar-refractivity contribution is -0.0753. The summed E-state index contributed by atoms with van der Waals surface area (Å²) >= 11 is 5.54. The average molecular weight is 264 g/mol. The van der Waals surface area contributed by atoms with Crippen molar-refractivity contribution in [2.24, 2.45) is 5.92 Å². The predicted octanol–water partition coefficient (Wildman–Crippen LogP) is 3.57. The van der Waals surface area contributed by atoms with Crippen molar-refractivity contribution < 1.29 is 13.2 Å². The molecule has 2 rings (SSSR count). The van der Waals surface area contributed by atoms with E-state index in [1.807, 2.05) is 0 Å². The van der Waals surface area contributed by atoms with Crippen LogP contribution in [0.5, 0.6) is 0 Å². The van der Waals surface area contributed by atoms with Crippen LogP contribution >= 0.6 is 11.6 Å². The van der Waals surface area contributed by atoms with Crippen LogP contribution in [0.2, 0.25) is 5.02 Å². The van der Waals surface area contributed by atoms with Gasteiger partial charge in [-0.25, -0.2) is 13.2 Å². The summed E-state index contributed by atoms with van der Waals surface area (Å²) in [6, 6.07) is 3.13. The number of nitrogens with one attached hydrogen (secondary N) is 1. The van der Waals surface area contributed by atoms with E-state index < -0.39 is 17.7 Å². The Kier molecular flexibility index (Phi) is 3.64. The smallest absolute Gasteiger partial charge is 0.276 e. The predicted molar refractivity (Wildman–Crippen MR) is 60.9 cm³/mol. The molecular weight excluding hydrogens is 251 g/mol. The molecule has 0 spiro atoms. The second kappa shape index (κ2) is 4.86. The third-order valence-corrected chi connectivity index (χ3v) is 3.45. The van der Waals surface area contributed by atoms with Crippen LogP contribution in [-0.4, -0.2) is 13.1 Å². The summed E-state index contributed by atoms with van der Waals surface area (Å²) in [6.07, 6.45) is 0.837. The molecule has 5 heteroatoms. The second-order valence-corrected chi connectivity index (χ2v) is 4.68. The molecule has 1 aromatic carbocycles. The zero-order valence-corrected chi connectivity index (χ0v) is 9.91. The fourth-order valence-corrected chi connectivity index (χ4v) is 2.30. The molecule has 94 valence electrons. The van der Waals surface area contributed by atoms with E-state index in [2.05, 4.69) is 5.32 Å². The van der Waals surface area contributed by atoms with Crippen molar-refractivity contribution in [1.82, 2.24) is 5.32 Å². The molecule has 0 amide bonds. The number of halogens is 4. The van der Waals surface area contributed by atoms with Crippen molar-refractivity contribution in [3.8, 4) is 0 Å². The summed E-state index contributed by atoms with van der Waals surface area (Å²) in [5.74, 6) is -4.32. The van der Waals surface area contributed by atoms with E-state index >= 15 is 0 Å². The Bertz CT molecular complexity index is 403. The van der Waals surface area contributed by atoms with Gasteiger partial charge in [0, 0.05) is 11.5 Å². The van der Waals surface area contributed by atoms with Crippen molar-refractivity contribution in [1.29, 1.82) is 0 Å². The average Bonchev–Trinajstić information content (AvgIpc) is 2.33. The van der Waals surface area contributed by atoms with Crippen LogP contribution in [0.1, 0.15) is 18.4 Å². The molecule has 1 aromatic rings. The van der Waals surface area contributed by atoms with Gasteiger partial charge in [0.25, 0.3) is 5.92 Å². The number of rotatable bonds is 2. The summed E-state index contributed by atoms with van der Waals surface area (Å²) in [5.41, 5.74) is -0.198. The van der Waals surface area contributed by atoms with Crippen LogP contribution in [0.3, 0.4) is 0 Å². The summed E-state index contributed by atoms with van der Waals surface area (Å²) in [4.78, 5) is 0. The molecular formula is C12H13ClF3N. The Balaban J connectivity index is 2.26. The molecule has 0 radical (unpaired) electrons. The first kappa shape index (κ1) is 12.7. The maximum atomic E-state index is 14.1. The van der Waals surface area contributed by atoms with Gasteiger partial charge in [-0.3, -0.25) is 0 Å². The summed E-state index contributed by atoms with van der Waals surface area (Å²) in [6.45, 7) is 1.18. The van der Waals surface area contributed by atoms with Crippen molar-refractivity contribution in [3.63, 3.8) is 0 Å². The van der Waals surface area contributed by atoms with Crippen molar-refractivity contribution >= 4 is 11.6 Å². The van der Waals surface area contributed by atoms with E-state index in [1.165, 1.54) is 0 Å². The van der Waals surface area contributed by atoms with Crippen LogP contribution in [0.15, 0.2) is 18.2 Å². The molecule has 0 atom stereocenters. The Morgan fingerprint density at radius 1 is 1.24 bits per heavy atom. The first-order valence-electron chi connectivity index (χ1n) is 5.56. The van der Waals surface area contributed by atoms with E-state index in [1.54, 1.807) is 0 Å². The topological polar surface area (TPSA) is 12.0 Å². The van der Waals surface area contributed by atoms with Gasteiger partial charge < -0.3 is 5.32 Å². The van der Waals surface area contributed by atoms with Gasteiger partial charge >= 0.3 is 0 Å². The van der Waals surface area contributed by atoms with Gasteiger partial charge in [0.05, 0.1) is 5.02 Å². The number of benzene rings is 1. The van der Waals surface area contributed by atoms with Crippen LogP contribution in [0.4, 0.5) is 13.2 Å². The SMILES string of the molecule is Fc1ccc(C(F)(F)C2CCNCC2)cc1Cl. The molecule has 1 aliphatic rings. The van der Waals surface area contributed by atoms with Crippen molar-refractivity contribution in [2.75, 3.05) is 13.1 Å². The molecule has 1 nitrogen and oxygen atoms in total. The lowest BCUT2D eigenvalue weighted by Gasteiger charge is -2.30. The summed E-state index contributed by atoms with van der Waals surface area (Å²) in [5, 5.41) is 2.79. The fourth-order valence-electron chi connectivity index (χ4n) is 2.12. The standard InChI is InChI=1S/C12H13ClF3N/c13-10-7-9(1-2-11(10)14)12(15,16)8-3-5-17-6-4-8/h1-2,7-8,17H,3-6H2. The van der Waals surface area contributed by atoms with Gasteiger partial charge in [-0.1, -0.05) is 17.7 Å². The van der Waals surface area contributed by atoms with Crippen molar-refractivity contribution in [3.05, 3.63) is 34.6 Å². The first-order chi connectivity index (χ1) is 8.01. The zero-order chi connectivity index (χ0) is 12.5. The highest BCUT2D eigenvalue weighted by Crippen LogP contribution is 2.41. The molecule has 1 saturated heterocycles. The van der Waals surface area contributed by atoms with Gasteiger partial charge in [-0.05, 0) is 38.1 Å². The lowest BCUT2D eigenvalue weighted by Crippen LogP contribution is -2.36. The summed E-state index contributed by atoms with van der Waals surface area (Å²) in [7, 11) is 0. The molecule has 0 unspecified atom stereocenters. The second-order valence-electron chi connectivity index (χ2n) is 4.28. The fraction of sp³-hybridized carbons (Fsp3) is 0.500. The Morgan fingerprint density at radius 3 is 2.47 bits per heavy atom. The molecule has 0 aromatic heterocycles. The molecule has 1 N–H and O–H groups in total.